The molecule has 0 radical (unpaired) electrons. The van der Waals surface area contributed by atoms with Crippen LogP contribution in [0, 0.1) is 6.92 Å². The van der Waals surface area contributed by atoms with Crippen LogP contribution in [-0.2, 0) is 0 Å². The van der Waals surface area contributed by atoms with Crippen LogP contribution < -0.4 is 5.32 Å². The van der Waals surface area contributed by atoms with Crippen molar-refractivity contribution in [3.05, 3.63) is 78.4 Å². The molecule has 0 aliphatic heterocycles. The third kappa shape index (κ3) is 2.19. The van der Waals surface area contributed by atoms with E-state index in [0.717, 1.165) is 33.2 Å². The fraction of sp³-hybridized carbons (Fsp3) is 0.0500. The smallest absolute Gasteiger partial charge is 0.0733 e. The average molecular weight is 284 g/mol. The van der Waals surface area contributed by atoms with Gasteiger partial charge in [0.05, 0.1) is 16.7 Å². The minimum atomic E-state index is 1.01. The predicted molar refractivity (Wildman–Crippen MR) is 93.7 cm³/mol. The molecule has 2 nitrogen and oxygen atoms in total. The fourth-order valence-electron chi connectivity index (χ4n) is 2.80. The summed E-state index contributed by atoms with van der Waals surface area (Å²) < 4.78 is 0. The first kappa shape index (κ1) is 12.8. The van der Waals surface area contributed by atoms with Crippen LogP contribution in [-0.4, -0.2) is 4.98 Å². The van der Waals surface area contributed by atoms with Crippen LogP contribution in [0.5, 0.6) is 0 Å². The van der Waals surface area contributed by atoms with E-state index in [1.807, 2.05) is 24.3 Å². The maximum atomic E-state index is 4.80. The van der Waals surface area contributed by atoms with Crippen LogP contribution in [0.4, 0.5) is 11.4 Å². The number of hydrogen-bond donors (Lipinski definition) is 1. The van der Waals surface area contributed by atoms with Crippen LogP contribution in [0.25, 0.3) is 21.8 Å². The normalized spacial score (nSPS) is 11.0. The van der Waals surface area contributed by atoms with Gasteiger partial charge in [0.25, 0.3) is 0 Å². The first-order valence-electron chi connectivity index (χ1n) is 7.42. The van der Waals surface area contributed by atoms with E-state index in [0.29, 0.717) is 0 Å². The summed E-state index contributed by atoms with van der Waals surface area (Å²) in [5, 5.41) is 5.86. The van der Waals surface area contributed by atoms with E-state index in [2.05, 4.69) is 60.8 Å². The standard InChI is InChI=1S/C20H16N2/c1-14-11-12-17-19(13-14)22-18-10-6-5-9-16(18)20(17)21-15-7-3-2-4-8-15/h2-13H,1H3,(H,21,22). The van der Waals surface area contributed by atoms with Gasteiger partial charge in [0.2, 0.25) is 0 Å². The van der Waals surface area contributed by atoms with Crippen molar-refractivity contribution in [3.63, 3.8) is 0 Å². The topological polar surface area (TPSA) is 24.9 Å². The Bertz CT molecular complexity index is 959. The lowest BCUT2D eigenvalue weighted by Gasteiger charge is -2.13. The largest absolute Gasteiger partial charge is 0.354 e. The molecule has 0 aliphatic rings. The minimum absolute atomic E-state index is 1.01. The Morgan fingerprint density at radius 2 is 1.45 bits per heavy atom. The zero-order chi connectivity index (χ0) is 14.9. The number of nitrogens with one attached hydrogen (secondary N) is 1. The molecule has 1 N–H and O–H groups in total. The summed E-state index contributed by atoms with van der Waals surface area (Å²) in [7, 11) is 0. The summed E-state index contributed by atoms with van der Waals surface area (Å²) in [4.78, 5) is 4.80. The van der Waals surface area contributed by atoms with E-state index in [4.69, 9.17) is 4.98 Å². The van der Waals surface area contributed by atoms with Crippen molar-refractivity contribution in [2.75, 3.05) is 5.32 Å². The van der Waals surface area contributed by atoms with Crippen molar-refractivity contribution in [1.29, 1.82) is 0 Å². The molecule has 1 aromatic heterocycles. The molecule has 0 spiro atoms. The van der Waals surface area contributed by atoms with Crippen LogP contribution in [0.15, 0.2) is 72.8 Å². The number of rotatable bonds is 2. The molecule has 3 aromatic carbocycles. The molecule has 4 rings (SSSR count). The van der Waals surface area contributed by atoms with Gasteiger partial charge in [-0.05, 0) is 36.8 Å². The van der Waals surface area contributed by atoms with E-state index >= 15 is 0 Å². The van der Waals surface area contributed by atoms with Crippen LogP contribution >= 0.6 is 0 Å². The molecule has 0 saturated heterocycles. The number of anilines is 2. The van der Waals surface area contributed by atoms with Gasteiger partial charge in [-0.25, -0.2) is 4.98 Å². The van der Waals surface area contributed by atoms with Gasteiger partial charge in [-0.15, -0.1) is 0 Å². The molecule has 0 saturated carbocycles. The number of pyridine rings is 1. The monoisotopic (exact) mass is 284 g/mol. The molecule has 22 heavy (non-hydrogen) atoms. The Kier molecular flexibility index (Phi) is 3.01. The van der Waals surface area contributed by atoms with Crippen molar-refractivity contribution in [1.82, 2.24) is 4.98 Å². The highest BCUT2D eigenvalue weighted by Crippen LogP contribution is 2.33. The second-order valence-electron chi connectivity index (χ2n) is 5.52. The maximum Gasteiger partial charge on any atom is 0.0733 e. The van der Waals surface area contributed by atoms with Gasteiger partial charge in [-0.2, -0.15) is 0 Å². The number of aryl methyl sites for hydroxylation is 1. The molecule has 2 heteroatoms. The predicted octanol–water partition coefficient (Wildman–Crippen LogP) is 5.44. The van der Waals surface area contributed by atoms with Gasteiger partial charge >= 0.3 is 0 Å². The Labute approximate surface area is 129 Å². The van der Waals surface area contributed by atoms with E-state index in [9.17, 15) is 0 Å². The van der Waals surface area contributed by atoms with Gasteiger partial charge in [0, 0.05) is 16.5 Å². The molecular weight excluding hydrogens is 268 g/mol. The average Bonchev–Trinajstić information content (AvgIpc) is 2.55. The Morgan fingerprint density at radius 1 is 0.727 bits per heavy atom. The number of para-hydroxylation sites is 2. The lowest BCUT2D eigenvalue weighted by Crippen LogP contribution is -1.95. The van der Waals surface area contributed by atoms with Gasteiger partial charge in [-0.3, -0.25) is 0 Å². The van der Waals surface area contributed by atoms with E-state index < -0.39 is 0 Å². The van der Waals surface area contributed by atoms with Crippen molar-refractivity contribution < 1.29 is 0 Å². The lowest BCUT2D eigenvalue weighted by molar-refractivity contribution is 1.44. The Hall–Kier alpha value is -2.87. The molecule has 0 unspecified atom stereocenters. The molecule has 4 aromatic rings. The quantitative estimate of drug-likeness (QED) is 0.496. The molecule has 0 atom stereocenters. The second kappa shape index (κ2) is 5.15. The Balaban J connectivity index is 2.03. The summed E-state index contributed by atoms with van der Waals surface area (Å²) in [5.74, 6) is 0. The Morgan fingerprint density at radius 3 is 2.32 bits per heavy atom. The van der Waals surface area contributed by atoms with E-state index in [1.165, 1.54) is 5.56 Å². The van der Waals surface area contributed by atoms with Crippen molar-refractivity contribution >= 4 is 33.2 Å². The third-order valence-electron chi connectivity index (χ3n) is 3.88. The molecule has 0 fully saturated rings. The first-order valence-corrected chi connectivity index (χ1v) is 7.42. The molecule has 0 bridgehead atoms. The minimum Gasteiger partial charge on any atom is -0.354 e. The lowest BCUT2D eigenvalue weighted by atomic mass is 10.1. The van der Waals surface area contributed by atoms with Gasteiger partial charge in [-0.1, -0.05) is 48.5 Å². The number of benzene rings is 3. The van der Waals surface area contributed by atoms with Gasteiger partial charge in [0.1, 0.15) is 0 Å². The van der Waals surface area contributed by atoms with Crippen LogP contribution in [0.1, 0.15) is 5.56 Å². The van der Waals surface area contributed by atoms with Crippen molar-refractivity contribution in [3.8, 4) is 0 Å². The number of hydrogen-bond acceptors (Lipinski definition) is 2. The molecular formula is C20H16N2. The summed E-state index contributed by atoms with van der Waals surface area (Å²) in [6, 6.07) is 24.9. The fourth-order valence-corrected chi connectivity index (χ4v) is 2.80. The highest BCUT2D eigenvalue weighted by atomic mass is 14.9. The number of aromatic nitrogens is 1. The summed E-state index contributed by atoms with van der Waals surface area (Å²) in [6.07, 6.45) is 0. The summed E-state index contributed by atoms with van der Waals surface area (Å²) >= 11 is 0. The number of nitrogens with zero attached hydrogens (tertiary/aromatic N) is 1. The van der Waals surface area contributed by atoms with Crippen molar-refractivity contribution in [2.24, 2.45) is 0 Å². The third-order valence-corrected chi connectivity index (χ3v) is 3.88. The second-order valence-corrected chi connectivity index (χ2v) is 5.52. The molecule has 1 heterocycles. The van der Waals surface area contributed by atoms with E-state index in [1.54, 1.807) is 0 Å². The highest BCUT2D eigenvalue weighted by molar-refractivity contribution is 6.08. The highest BCUT2D eigenvalue weighted by Gasteiger charge is 2.09. The zero-order valence-electron chi connectivity index (χ0n) is 12.4. The molecule has 0 amide bonds. The van der Waals surface area contributed by atoms with Crippen LogP contribution in [0.2, 0.25) is 0 Å². The summed E-state index contributed by atoms with van der Waals surface area (Å²) in [6.45, 7) is 2.10. The zero-order valence-corrected chi connectivity index (χ0v) is 12.4. The first-order chi connectivity index (χ1) is 10.8. The number of fused-ring (bicyclic) bond motifs is 2. The molecule has 0 aliphatic carbocycles. The van der Waals surface area contributed by atoms with Gasteiger partial charge < -0.3 is 5.32 Å². The SMILES string of the molecule is Cc1ccc2c(Nc3ccccc3)c3ccccc3nc2c1. The van der Waals surface area contributed by atoms with Gasteiger partial charge in [0.15, 0.2) is 0 Å². The summed E-state index contributed by atoms with van der Waals surface area (Å²) in [5.41, 5.74) is 5.46. The van der Waals surface area contributed by atoms with Crippen molar-refractivity contribution in [2.45, 2.75) is 6.92 Å². The molecule has 106 valence electrons. The van der Waals surface area contributed by atoms with E-state index in [-0.39, 0.29) is 0 Å². The van der Waals surface area contributed by atoms with Crippen LogP contribution in [0.3, 0.4) is 0 Å². The maximum absolute atomic E-state index is 4.80.